The molecule has 0 rings (SSSR count). The molecule has 0 amide bonds. The molecular weight excluding hydrogens is 156 g/mol. The summed E-state index contributed by atoms with van der Waals surface area (Å²) in [4.78, 5) is 7.14. The van der Waals surface area contributed by atoms with Gasteiger partial charge in [-0.25, -0.2) is 0 Å². The molecule has 6 heteroatoms. The van der Waals surface area contributed by atoms with Crippen molar-refractivity contribution in [3.63, 3.8) is 0 Å². The van der Waals surface area contributed by atoms with E-state index in [9.17, 15) is 0 Å². The average molecular weight is 176 g/mol. The summed E-state index contributed by atoms with van der Waals surface area (Å²) in [6, 6.07) is 0. The highest BCUT2D eigenvalue weighted by Gasteiger charge is 1.28. The average Bonchev–Trinajstić information content (AvgIpc) is 1.46. The molecule has 0 aromatic rings. The van der Waals surface area contributed by atoms with E-state index in [0.29, 0.717) is 10.5 Å². The smallest absolute Gasteiger partial charge is 0.141 e. The largest absolute Gasteiger partial charge is 0.471 e. The summed E-state index contributed by atoms with van der Waals surface area (Å²) in [6.45, 7) is 0. The van der Waals surface area contributed by atoms with E-state index in [1.165, 1.54) is 0 Å². The van der Waals surface area contributed by atoms with E-state index in [4.69, 9.17) is 4.80 Å². The molecule has 0 aromatic heterocycles. The second-order valence-electron chi connectivity index (χ2n) is 0.408. The lowest BCUT2D eigenvalue weighted by atomic mass is 12.0. The van der Waals surface area contributed by atoms with Gasteiger partial charge in [-0.15, -0.1) is 0 Å². The first-order valence-corrected chi connectivity index (χ1v) is 3.79. The molecule has 0 atom stereocenters. The second kappa shape index (κ2) is 137. The highest BCUT2D eigenvalue weighted by atomic mass is 28.3. The fourth-order valence-corrected chi connectivity index (χ4v) is 0. The summed E-state index contributed by atoms with van der Waals surface area (Å²) < 4.78 is 4.53. The minimum atomic E-state index is 0. The monoisotopic (exact) mass is 176 g/mol. The number of hydrogen-bond acceptors (Lipinski definition) is 2. The zero-order valence-corrected chi connectivity index (χ0v) is 10.4. The normalized spacial score (nSPS) is 4.12. The summed E-state index contributed by atoms with van der Waals surface area (Å²) in [5, 5.41) is 0. The predicted octanol–water partition coefficient (Wildman–Crippen LogP) is -3.73. The first-order chi connectivity index (χ1) is 2.41. The molecule has 58 valence electrons. The van der Waals surface area contributed by atoms with Crippen molar-refractivity contribution in [2.75, 3.05) is 0 Å². The maximum Gasteiger partial charge on any atom is 0.141 e. The third kappa shape index (κ3) is 709. The molecule has 0 aliphatic heterocycles. The van der Waals surface area contributed by atoms with E-state index in [1.807, 2.05) is 0 Å². The van der Waals surface area contributed by atoms with Crippen LogP contribution in [0.25, 0.3) is 0 Å². The van der Waals surface area contributed by atoms with Crippen molar-refractivity contribution < 1.29 is 14.4 Å². The van der Waals surface area contributed by atoms with E-state index >= 15 is 0 Å². The molecule has 8 heavy (non-hydrogen) atoms. The zero-order valence-electron chi connectivity index (χ0n) is 4.36. The Morgan fingerprint density at radius 3 is 1.00 bits per heavy atom. The Morgan fingerprint density at radius 1 is 1.00 bits per heavy atom. The Bertz CT molecular complexity index is 12.5. The van der Waals surface area contributed by atoms with Gasteiger partial charge in [0.2, 0.25) is 0 Å². The van der Waals surface area contributed by atoms with Crippen LogP contribution in [0, 0.1) is 0 Å². The Hall–Kier alpha value is 0.531. The zero-order chi connectivity index (χ0) is 4.71. The molecule has 0 saturated heterocycles. The van der Waals surface area contributed by atoms with E-state index in [-0.39, 0.29) is 20.3 Å². The quantitative estimate of drug-likeness (QED) is 0.386. The van der Waals surface area contributed by atoms with E-state index in [1.54, 1.807) is 0 Å². The Morgan fingerprint density at radius 2 is 1.00 bits per heavy atom. The van der Waals surface area contributed by atoms with Gasteiger partial charge in [-0.2, -0.15) is 0 Å². The molecule has 0 unspecified atom stereocenters. The summed E-state index contributed by atoms with van der Waals surface area (Å²) in [7, 11) is 2.17. The van der Waals surface area contributed by atoms with Gasteiger partial charge in [0.1, 0.15) is 31.5 Å². The number of rotatable bonds is 0. The Labute approximate surface area is 61.4 Å². The minimum Gasteiger partial charge on any atom is -0.471 e. The summed E-state index contributed by atoms with van der Waals surface area (Å²) in [5.41, 5.74) is 0. The first kappa shape index (κ1) is 38.8. The molecule has 0 bridgehead atoms. The molecule has 0 radical (unpaired) electrons. The molecule has 0 saturated carbocycles. The molecule has 3 N–H and O–H groups in total. The van der Waals surface area contributed by atoms with Crippen LogP contribution in [0.5, 0.6) is 0 Å². The Kier molecular flexibility index (Phi) is 665. The molecule has 0 heterocycles. The summed E-state index contributed by atoms with van der Waals surface area (Å²) in [6.07, 6.45) is 0. The lowest BCUT2D eigenvalue weighted by Crippen LogP contribution is -1.65. The van der Waals surface area contributed by atoms with Gasteiger partial charge >= 0.3 is 0 Å². The van der Waals surface area contributed by atoms with Crippen molar-refractivity contribution in [3.8, 4) is 0 Å². The summed E-state index contributed by atoms with van der Waals surface area (Å²) >= 11 is 0. The predicted molar refractivity (Wildman–Crippen MR) is 50.2 cm³/mol. The van der Waals surface area contributed by atoms with Gasteiger partial charge in [0, 0.05) is 0 Å². The minimum absolute atomic E-state index is 0. The first-order valence-electron chi connectivity index (χ1n) is 1.26. The summed E-state index contributed by atoms with van der Waals surface area (Å²) in [5.74, 6) is 0. The van der Waals surface area contributed by atoms with Gasteiger partial charge in [-0.1, -0.05) is 14.9 Å². The lowest BCUT2D eigenvalue weighted by Gasteiger charge is -1.62. The van der Waals surface area contributed by atoms with Crippen molar-refractivity contribution >= 4 is 31.5 Å². The van der Waals surface area contributed by atoms with Crippen LogP contribution in [-0.2, 0) is 4.12 Å². The molecule has 0 aliphatic carbocycles. The van der Waals surface area contributed by atoms with Crippen LogP contribution in [0.3, 0.4) is 0 Å². The number of hydrogen-bond donors (Lipinski definition) is 1. The van der Waals surface area contributed by atoms with Gasteiger partial charge < -0.3 is 14.4 Å². The van der Waals surface area contributed by atoms with Gasteiger partial charge in [-0.05, 0) is 0 Å². The second-order valence-corrected chi connectivity index (χ2v) is 3.67. The van der Waals surface area contributed by atoms with E-state index in [0.717, 1.165) is 21.0 Å². The van der Waals surface area contributed by atoms with E-state index < -0.39 is 0 Å². The van der Waals surface area contributed by atoms with Crippen LogP contribution in [0.2, 0.25) is 0 Å². The lowest BCUT2D eigenvalue weighted by molar-refractivity contribution is 0.629. The maximum atomic E-state index is 7.14. The van der Waals surface area contributed by atoms with Gasteiger partial charge in [0.05, 0.1) is 0 Å². The molecular formula is C2H20O3Si3. The van der Waals surface area contributed by atoms with Crippen molar-refractivity contribution in [2.24, 2.45) is 0 Å². The van der Waals surface area contributed by atoms with Crippen molar-refractivity contribution in [2.45, 2.75) is 14.9 Å². The maximum absolute atomic E-state index is 7.14. The van der Waals surface area contributed by atoms with Crippen molar-refractivity contribution in [1.29, 1.82) is 0 Å². The van der Waals surface area contributed by atoms with Crippen molar-refractivity contribution in [1.82, 2.24) is 0 Å². The SMILES string of the molecule is C.C.O.O[SiH3].[SiH3]O[SiH3]. The molecule has 0 spiro atoms. The fourth-order valence-electron chi connectivity index (χ4n) is 0. The van der Waals surface area contributed by atoms with Crippen molar-refractivity contribution in [3.05, 3.63) is 0 Å². The highest BCUT2D eigenvalue weighted by molar-refractivity contribution is 6.15. The molecule has 3 nitrogen and oxygen atoms in total. The van der Waals surface area contributed by atoms with Crippen LogP contribution in [-0.4, -0.2) is 41.7 Å². The van der Waals surface area contributed by atoms with E-state index in [2.05, 4.69) is 4.12 Å². The molecule has 0 fully saturated rings. The van der Waals surface area contributed by atoms with Crippen LogP contribution >= 0.6 is 0 Å². The molecule has 0 aliphatic rings. The third-order valence-electron chi connectivity index (χ3n) is 0. The van der Waals surface area contributed by atoms with Crippen LogP contribution in [0.15, 0.2) is 0 Å². The molecule has 0 aromatic carbocycles. The fraction of sp³-hybridized carbons (Fsp3) is 1.00. The van der Waals surface area contributed by atoms with Crippen LogP contribution < -0.4 is 0 Å². The topological polar surface area (TPSA) is 61.0 Å². The Balaban J connectivity index is -0.00000000567. The standard InChI is InChI=1S/2CH4.H6OSi2.H4OSi.H2O/c;;2-1-3;1-2;/h2*1H4;2-3H3;1H,2H3;1H2. The highest BCUT2D eigenvalue weighted by Crippen LogP contribution is 1.20. The van der Waals surface area contributed by atoms with Gasteiger partial charge in [0.25, 0.3) is 0 Å². The third-order valence-corrected chi connectivity index (χ3v) is 0. The van der Waals surface area contributed by atoms with Gasteiger partial charge in [-0.3, -0.25) is 0 Å². The van der Waals surface area contributed by atoms with Gasteiger partial charge in [0.15, 0.2) is 0 Å². The van der Waals surface area contributed by atoms with Crippen LogP contribution in [0.1, 0.15) is 14.9 Å². The van der Waals surface area contributed by atoms with Crippen LogP contribution in [0.4, 0.5) is 0 Å².